The molecule has 0 radical (unpaired) electrons. The molecule has 1 rings (SSSR count). The third-order valence-corrected chi connectivity index (χ3v) is 2.96. The summed E-state index contributed by atoms with van der Waals surface area (Å²) in [5.74, 6) is -0.134. The Morgan fingerprint density at radius 1 is 1.50 bits per heavy atom. The van der Waals surface area contributed by atoms with Gasteiger partial charge in [0, 0.05) is 7.11 Å². The first kappa shape index (κ1) is 11.5. The highest BCUT2D eigenvalue weighted by molar-refractivity contribution is 5.71. The fourth-order valence-electron chi connectivity index (χ4n) is 2.34. The van der Waals surface area contributed by atoms with Crippen molar-refractivity contribution < 1.29 is 14.6 Å². The molecule has 0 saturated heterocycles. The second-order valence-electron chi connectivity index (χ2n) is 5.17. The first-order valence-corrected chi connectivity index (χ1v) is 5.16. The maximum Gasteiger partial charge on any atom is 0.306 e. The average molecular weight is 200 g/mol. The van der Waals surface area contributed by atoms with Crippen LogP contribution in [0.15, 0.2) is 0 Å². The Bertz CT molecular complexity index is 205. The van der Waals surface area contributed by atoms with Gasteiger partial charge < -0.3 is 9.84 Å². The summed E-state index contributed by atoms with van der Waals surface area (Å²) in [7, 11) is 1.71. The number of carboxylic acids is 1. The molecule has 0 aromatic carbocycles. The van der Waals surface area contributed by atoms with Gasteiger partial charge in [-0.05, 0) is 30.6 Å². The van der Waals surface area contributed by atoms with Crippen LogP contribution in [0.2, 0.25) is 0 Å². The van der Waals surface area contributed by atoms with E-state index in [1.807, 2.05) is 0 Å². The predicted molar refractivity (Wildman–Crippen MR) is 54.1 cm³/mol. The van der Waals surface area contributed by atoms with Gasteiger partial charge in [0.2, 0.25) is 0 Å². The van der Waals surface area contributed by atoms with Crippen LogP contribution in [-0.2, 0) is 9.53 Å². The van der Waals surface area contributed by atoms with Gasteiger partial charge in [-0.1, -0.05) is 13.8 Å². The van der Waals surface area contributed by atoms with Crippen molar-refractivity contribution >= 4 is 5.97 Å². The van der Waals surface area contributed by atoms with Gasteiger partial charge >= 0.3 is 5.97 Å². The van der Waals surface area contributed by atoms with Crippen molar-refractivity contribution in [1.29, 1.82) is 0 Å². The third kappa shape index (κ3) is 2.98. The Hall–Kier alpha value is -0.570. The lowest BCUT2D eigenvalue weighted by Crippen LogP contribution is -2.34. The van der Waals surface area contributed by atoms with Crippen molar-refractivity contribution in [1.82, 2.24) is 0 Å². The zero-order valence-corrected chi connectivity index (χ0v) is 9.25. The smallest absolute Gasteiger partial charge is 0.306 e. The van der Waals surface area contributed by atoms with Gasteiger partial charge in [-0.15, -0.1) is 0 Å². The van der Waals surface area contributed by atoms with Crippen LogP contribution < -0.4 is 0 Å². The summed E-state index contributed by atoms with van der Waals surface area (Å²) < 4.78 is 5.13. The lowest BCUT2D eigenvalue weighted by atomic mass is 9.68. The number of carboxylic acid groups (broad SMARTS) is 1. The fourth-order valence-corrected chi connectivity index (χ4v) is 2.34. The molecule has 0 aliphatic heterocycles. The van der Waals surface area contributed by atoms with E-state index in [0.717, 1.165) is 25.9 Å². The Morgan fingerprint density at radius 2 is 2.07 bits per heavy atom. The molecule has 3 heteroatoms. The minimum absolute atomic E-state index is 0.0849. The molecule has 0 bridgehead atoms. The van der Waals surface area contributed by atoms with E-state index < -0.39 is 5.97 Å². The molecule has 0 heterocycles. The van der Waals surface area contributed by atoms with Gasteiger partial charge in [0.1, 0.15) is 0 Å². The maximum absolute atomic E-state index is 10.6. The second-order valence-corrected chi connectivity index (χ2v) is 5.17. The van der Waals surface area contributed by atoms with Gasteiger partial charge in [-0.3, -0.25) is 4.79 Å². The molecule has 1 saturated carbocycles. The van der Waals surface area contributed by atoms with E-state index in [4.69, 9.17) is 9.84 Å². The number of methoxy groups -OCH3 is 1. The van der Waals surface area contributed by atoms with Gasteiger partial charge in [-0.25, -0.2) is 0 Å². The molecule has 14 heavy (non-hydrogen) atoms. The number of hydrogen-bond acceptors (Lipinski definition) is 2. The highest BCUT2D eigenvalue weighted by Crippen LogP contribution is 2.41. The van der Waals surface area contributed by atoms with Gasteiger partial charge in [0.25, 0.3) is 0 Å². The number of aliphatic carboxylic acids is 1. The molecule has 82 valence electrons. The highest BCUT2D eigenvalue weighted by Gasteiger charge is 2.37. The van der Waals surface area contributed by atoms with Crippen LogP contribution in [0, 0.1) is 17.3 Å². The number of ether oxygens (including phenoxy) is 1. The Morgan fingerprint density at radius 3 is 2.50 bits per heavy atom. The van der Waals surface area contributed by atoms with E-state index in [-0.39, 0.29) is 11.3 Å². The maximum atomic E-state index is 10.6. The van der Waals surface area contributed by atoms with Crippen molar-refractivity contribution in [3.05, 3.63) is 0 Å². The van der Waals surface area contributed by atoms with E-state index in [9.17, 15) is 4.79 Å². The summed E-state index contributed by atoms with van der Waals surface area (Å²) in [6.45, 7) is 5.09. The molecule has 0 spiro atoms. The van der Waals surface area contributed by atoms with Crippen molar-refractivity contribution in [2.45, 2.75) is 33.1 Å². The molecule has 0 aromatic heterocycles. The molecule has 1 N–H and O–H groups in total. The van der Waals surface area contributed by atoms with Crippen molar-refractivity contribution in [2.75, 3.05) is 13.7 Å². The summed E-state index contributed by atoms with van der Waals surface area (Å²) in [6, 6.07) is 0. The highest BCUT2D eigenvalue weighted by atomic mass is 16.5. The zero-order valence-electron chi connectivity index (χ0n) is 9.25. The number of hydrogen-bond donors (Lipinski definition) is 1. The first-order valence-electron chi connectivity index (χ1n) is 5.16. The summed E-state index contributed by atoms with van der Waals surface area (Å²) >= 11 is 0. The zero-order chi connectivity index (χ0) is 10.8. The summed E-state index contributed by atoms with van der Waals surface area (Å²) in [4.78, 5) is 10.6. The minimum Gasteiger partial charge on any atom is -0.481 e. The Labute approximate surface area is 85.5 Å². The average Bonchev–Trinajstić information content (AvgIpc) is 1.95. The molecule has 1 aliphatic rings. The van der Waals surface area contributed by atoms with Gasteiger partial charge in [-0.2, -0.15) is 0 Å². The van der Waals surface area contributed by atoms with Crippen LogP contribution in [0.5, 0.6) is 0 Å². The van der Waals surface area contributed by atoms with E-state index in [1.54, 1.807) is 7.11 Å². The molecule has 1 fully saturated rings. The van der Waals surface area contributed by atoms with E-state index in [0.29, 0.717) is 5.92 Å². The number of carbonyl (C=O) groups is 1. The minimum atomic E-state index is -0.634. The molecule has 0 aromatic rings. The Kier molecular flexibility index (Phi) is 3.53. The van der Waals surface area contributed by atoms with Crippen molar-refractivity contribution in [3.63, 3.8) is 0 Å². The predicted octanol–water partition coefficient (Wildman–Crippen LogP) is 2.16. The van der Waals surface area contributed by atoms with E-state index in [1.165, 1.54) is 0 Å². The SMILES string of the molecule is COCC(C)(C)C[C@H]1C[C@@H](C(=O)O)C1. The molecular formula is C11H20O3. The largest absolute Gasteiger partial charge is 0.481 e. The molecular weight excluding hydrogens is 180 g/mol. The lowest BCUT2D eigenvalue weighted by Gasteiger charge is -2.37. The number of rotatable bonds is 5. The lowest BCUT2D eigenvalue weighted by molar-refractivity contribution is -0.147. The van der Waals surface area contributed by atoms with E-state index in [2.05, 4.69) is 13.8 Å². The van der Waals surface area contributed by atoms with Crippen LogP contribution in [-0.4, -0.2) is 24.8 Å². The molecule has 3 nitrogen and oxygen atoms in total. The van der Waals surface area contributed by atoms with Gasteiger partial charge in [0.15, 0.2) is 0 Å². The monoisotopic (exact) mass is 200 g/mol. The standard InChI is InChI=1S/C11H20O3/c1-11(2,7-14-3)6-8-4-9(5-8)10(12)13/h8-9H,4-7H2,1-3H3,(H,12,13)/t8-,9+. The molecule has 0 unspecified atom stereocenters. The van der Waals surface area contributed by atoms with Gasteiger partial charge in [0.05, 0.1) is 12.5 Å². The van der Waals surface area contributed by atoms with Crippen LogP contribution in [0.25, 0.3) is 0 Å². The summed E-state index contributed by atoms with van der Waals surface area (Å²) in [5.41, 5.74) is 0.183. The normalized spacial score (nSPS) is 27.1. The summed E-state index contributed by atoms with van der Waals surface area (Å²) in [5, 5.41) is 8.73. The van der Waals surface area contributed by atoms with Crippen LogP contribution in [0.1, 0.15) is 33.1 Å². The first-order chi connectivity index (χ1) is 6.44. The van der Waals surface area contributed by atoms with Crippen molar-refractivity contribution in [2.24, 2.45) is 17.3 Å². The molecule has 0 amide bonds. The molecule has 1 aliphatic carbocycles. The van der Waals surface area contributed by atoms with Crippen molar-refractivity contribution in [3.8, 4) is 0 Å². The Balaban J connectivity index is 2.25. The second kappa shape index (κ2) is 4.30. The summed E-state index contributed by atoms with van der Waals surface area (Å²) in [6.07, 6.45) is 2.77. The quantitative estimate of drug-likeness (QED) is 0.739. The van der Waals surface area contributed by atoms with Crippen LogP contribution >= 0.6 is 0 Å². The topological polar surface area (TPSA) is 46.5 Å². The van der Waals surface area contributed by atoms with Crippen LogP contribution in [0.4, 0.5) is 0 Å². The fraction of sp³-hybridized carbons (Fsp3) is 0.909. The van der Waals surface area contributed by atoms with Crippen LogP contribution in [0.3, 0.4) is 0 Å². The third-order valence-electron chi connectivity index (χ3n) is 2.96. The van der Waals surface area contributed by atoms with E-state index >= 15 is 0 Å². The molecule has 0 atom stereocenters.